The number of methoxy groups -OCH3 is 1. The fraction of sp³-hybridized carbons (Fsp3) is 0.318. The van der Waals surface area contributed by atoms with Crippen LogP contribution in [0.5, 0.6) is 5.75 Å². The number of aliphatic imine (C=N–C) groups is 2. The number of ether oxygens (including phenoxy) is 1. The third-order valence-corrected chi connectivity index (χ3v) is 5.96. The van der Waals surface area contributed by atoms with Crippen molar-refractivity contribution in [2.24, 2.45) is 9.98 Å². The minimum absolute atomic E-state index is 0.0577. The second-order valence-electron chi connectivity index (χ2n) is 7.00. The summed E-state index contributed by atoms with van der Waals surface area (Å²) < 4.78 is 5.14. The predicted molar refractivity (Wildman–Crippen MR) is 116 cm³/mol. The van der Waals surface area contributed by atoms with Gasteiger partial charge >= 0.3 is 0 Å². The fourth-order valence-electron chi connectivity index (χ4n) is 3.58. The second kappa shape index (κ2) is 8.19. The van der Waals surface area contributed by atoms with E-state index in [2.05, 4.69) is 17.4 Å². The molecular weight excluding hydrogens is 370 g/mol. The highest BCUT2D eigenvalue weighted by Gasteiger charge is 2.39. The van der Waals surface area contributed by atoms with E-state index in [-0.39, 0.29) is 11.6 Å². The predicted octanol–water partition coefficient (Wildman–Crippen LogP) is 4.54. The Balaban J connectivity index is 1.44. The minimum atomic E-state index is -0.306. The Hall–Kier alpha value is -2.60. The zero-order chi connectivity index (χ0) is 19.4. The molecule has 1 aliphatic carbocycles. The lowest BCUT2D eigenvalue weighted by atomic mass is 10.1. The normalized spacial score (nSPS) is 17.3. The number of thioether (sulfide) groups is 1. The Bertz CT molecular complexity index is 901. The highest BCUT2D eigenvalue weighted by Crippen LogP contribution is 2.40. The van der Waals surface area contributed by atoms with Crippen LogP contribution in [0.3, 0.4) is 0 Å². The first kappa shape index (κ1) is 18.7. The maximum atomic E-state index is 12.4. The molecule has 1 spiro atoms. The molecule has 2 aromatic rings. The molecule has 0 radical (unpaired) electrons. The number of nitrogens with zero attached hydrogens (tertiary/aromatic N) is 2. The number of anilines is 1. The zero-order valence-electron chi connectivity index (χ0n) is 15.9. The zero-order valence-corrected chi connectivity index (χ0v) is 16.7. The number of rotatable bonds is 5. The van der Waals surface area contributed by atoms with Crippen LogP contribution in [0.4, 0.5) is 5.69 Å². The lowest BCUT2D eigenvalue weighted by molar-refractivity contribution is -0.113. The van der Waals surface area contributed by atoms with Gasteiger partial charge in [0.15, 0.2) is 5.66 Å². The lowest BCUT2D eigenvalue weighted by Gasteiger charge is -2.14. The van der Waals surface area contributed by atoms with Crippen LogP contribution in [0.2, 0.25) is 0 Å². The first-order valence-corrected chi connectivity index (χ1v) is 10.5. The van der Waals surface area contributed by atoms with E-state index in [1.54, 1.807) is 7.11 Å². The van der Waals surface area contributed by atoms with Crippen LogP contribution < -0.4 is 10.1 Å². The second-order valence-corrected chi connectivity index (χ2v) is 7.96. The van der Waals surface area contributed by atoms with E-state index in [1.165, 1.54) is 11.8 Å². The lowest BCUT2D eigenvalue weighted by Crippen LogP contribution is -2.17. The molecule has 5 nitrogen and oxygen atoms in total. The van der Waals surface area contributed by atoms with Gasteiger partial charge in [0.25, 0.3) is 0 Å². The van der Waals surface area contributed by atoms with Crippen LogP contribution in [-0.2, 0) is 4.79 Å². The van der Waals surface area contributed by atoms with Gasteiger partial charge in [-0.2, -0.15) is 0 Å². The first-order chi connectivity index (χ1) is 13.7. The number of amides is 1. The molecule has 2 aromatic carbocycles. The molecule has 0 atom stereocenters. The van der Waals surface area contributed by atoms with Gasteiger partial charge in [0, 0.05) is 11.3 Å². The van der Waals surface area contributed by atoms with Gasteiger partial charge < -0.3 is 10.1 Å². The molecule has 0 aromatic heterocycles. The molecule has 144 valence electrons. The Kier molecular flexibility index (Phi) is 5.48. The Morgan fingerprint density at radius 3 is 2.46 bits per heavy atom. The number of nitrogens with one attached hydrogen (secondary N) is 1. The summed E-state index contributed by atoms with van der Waals surface area (Å²) in [6.07, 6.45) is 4.30. The van der Waals surface area contributed by atoms with Crippen LogP contribution in [0.1, 0.15) is 31.2 Å². The van der Waals surface area contributed by atoms with E-state index >= 15 is 0 Å². The van der Waals surface area contributed by atoms with Crippen LogP contribution >= 0.6 is 11.8 Å². The van der Waals surface area contributed by atoms with Gasteiger partial charge in [-0.1, -0.05) is 42.1 Å². The fourth-order valence-corrected chi connectivity index (χ4v) is 4.45. The summed E-state index contributed by atoms with van der Waals surface area (Å²) in [5, 5.41) is 3.80. The minimum Gasteiger partial charge on any atom is -0.497 e. The molecule has 0 bridgehead atoms. The van der Waals surface area contributed by atoms with E-state index < -0.39 is 0 Å². The molecule has 0 unspecified atom stereocenters. The molecular formula is C22H23N3O2S. The first-order valence-electron chi connectivity index (χ1n) is 9.50. The molecule has 4 rings (SSSR count). The van der Waals surface area contributed by atoms with E-state index in [4.69, 9.17) is 14.7 Å². The molecule has 1 saturated carbocycles. The van der Waals surface area contributed by atoms with Crippen LogP contribution in [-0.4, -0.2) is 35.2 Å². The topological polar surface area (TPSA) is 63.0 Å². The van der Waals surface area contributed by atoms with Crippen molar-refractivity contribution < 1.29 is 9.53 Å². The maximum absolute atomic E-state index is 12.4. The molecule has 0 saturated heterocycles. The van der Waals surface area contributed by atoms with Crippen molar-refractivity contribution in [2.75, 3.05) is 18.2 Å². The number of hydrogen-bond donors (Lipinski definition) is 1. The van der Waals surface area contributed by atoms with Gasteiger partial charge in [0.2, 0.25) is 5.91 Å². The van der Waals surface area contributed by atoms with Crippen LogP contribution in [0.25, 0.3) is 0 Å². The van der Waals surface area contributed by atoms with Crippen molar-refractivity contribution in [3.63, 3.8) is 0 Å². The molecule has 1 fully saturated rings. The molecule has 6 heteroatoms. The third-order valence-electron chi connectivity index (χ3n) is 5.00. The van der Waals surface area contributed by atoms with Gasteiger partial charge in [-0.3, -0.25) is 9.79 Å². The molecule has 1 amide bonds. The summed E-state index contributed by atoms with van der Waals surface area (Å²) in [5.74, 6) is 1.00. The summed E-state index contributed by atoms with van der Waals surface area (Å²) in [4.78, 5) is 22.4. The van der Waals surface area contributed by atoms with Gasteiger partial charge in [-0.15, -0.1) is 0 Å². The molecule has 1 N–H and O–H groups in total. The highest BCUT2D eigenvalue weighted by molar-refractivity contribution is 8.16. The summed E-state index contributed by atoms with van der Waals surface area (Å²) in [6, 6.07) is 17.4. The average Bonchev–Trinajstić information content (AvgIpc) is 3.34. The molecule has 28 heavy (non-hydrogen) atoms. The Morgan fingerprint density at radius 2 is 1.79 bits per heavy atom. The van der Waals surface area contributed by atoms with Crippen molar-refractivity contribution in [3.05, 3.63) is 60.2 Å². The van der Waals surface area contributed by atoms with Crippen molar-refractivity contribution in [2.45, 2.75) is 31.3 Å². The van der Waals surface area contributed by atoms with Gasteiger partial charge in [-0.25, -0.2) is 4.99 Å². The van der Waals surface area contributed by atoms with Gasteiger partial charge in [0.05, 0.1) is 18.6 Å². The number of carbonyl (C=O) groups excluding carboxylic acids is 1. The van der Waals surface area contributed by atoms with Gasteiger partial charge in [0.1, 0.15) is 10.8 Å². The summed E-state index contributed by atoms with van der Waals surface area (Å²) in [5.41, 5.74) is 2.43. The van der Waals surface area contributed by atoms with Crippen LogP contribution in [0, 0.1) is 0 Å². The number of hydrogen-bond acceptors (Lipinski definition) is 5. The van der Waals surface area contributed by atoms with Crippen molar-refractivity contribution in [1.29, 1.82) is 0 Å². The summed E-state index contributed by atoms with van der Waals surface area (Å²) >= 11 is 1.47. The Morgan fingerprint density at radius 1 is 1.07 bits per heavy atom. The standard InChI is InChI=1S/C22H23N3O2S/c1-27-18-11-9-17(10-12-18)23-19(26)15-28-21-20(16-7-3-2-4-8-16)24-22(25-21)13-5-6-14-22/h2-4,7-12H,5-6,13-15H2,1H3,(H,23,26). The van der Waals surface area contributed by atoms with Crippen molar-refractivity contribution in [1.82, 2.24) is 0 Å². The van der Waals surface area contributed by atoms with Crippen LogP contribution in [0.15, 0.2) is 64.6 Å². The van der Waals surface area contributed by atoms with E-state index in [1.807, 2.05) is 42.5 Å². The number of benzene rings is 2. The number of carbonyl (C=O) groups is 1. The largest absolute Gasteiger partial charge is 0.497 e. The monoisotopic (exact) mass is 393 g/mol. The quantitative estimate of drug-likeness (QED) is 0.811. The summed E-state index contributed by atoms with van der Waals surface area (Å²) in [6.45, 7) is 0. The van der Waals surface area contributed by atoms with E-state index in [9.17, 15) is 4.79 Å². The average molecular weight is 394 g/mol. The molecule has 1 aliphatic heterocycles. The maximum Gasteiger partial charge on any atom is 0.234 e. The third kappa shape index (κ3) is 4.12. The molecule has 2 aliphatic rings. The van der Waals surface area contributed by atoms with E-state index in [0.717, 1.165) is 53.4 Å². The van der Waals surface area contributed by atoms with E-state index in [0.29, 0.717) is 5.75 Å². The van der Waals surface area contributed by atoms with Crippen molar-refractivity contribution in [3.8, 4) is 5.75 Å². The highest BCUT2D eigenvalue weighted by atomic mass is 32.2. The van der Waals surface area contributed by atoms with Gasteiger partial charge in [-0.05, 0) is 49.9 Å². The molecule has 1 heterocycles. The van der Waals surface area contributed by atoms with Crippen molar-refractivity contribution >= 4 is 34.1 Å². The SMILES string of the molecule is COc1ccc(NC(=O)CSC2=NC3(CCCC3)N=C2c2ccccc2)cc1. The Labute approximate surface area is 169 Å². The smallest absolute Gasteiger partial charge is 0.234 e. The summed E-state index contributed by atoms with van der Waals surface area (Å²) in [7, 11) is 1.62.